The Morgan fingerprint density at radius 3 is 2.85 bits per heavy atom. The van der Waals surface area contributed by atoms with E-state index in [9.17, 15) is 0 Å². The van der Waals surface area contributed by atoms with Crippen molar-refractivity contribution in [3.05, 3.63) is 0 Å². The Bertz CT molecular complexity index is 173. The van der Waals surface area contributed by atoms with E-state index in [2.05, 4.69) is 24.2 Å². The summed E-state index contributed by atoms with van der Waals surface area (Å²) in [6, 6.07) is 0. The van der Waals surface area contributed by atoms with Gasteiger partial charge in [-0.2, -0.15) is 0 Å². The van der Waals surface area contributed by atoms with E-state index in [0.29, 0.717) is 11.9 Å². The molecule has 1 rings (SSSR count). The third-order valence-electron chi connectivity index (χ3n) is 2.53. The van der Waals surface area contributed by atoms with Crippen molar-refractivity contribution in [3.63, 3.8) is 0 Å². The Morgan fingerprint density at radius 1 is 1.62 bits per heavy atom. The predicted octanol–water partition coefficient (Wildman–Crippen LogP) is 1.35. The normalized spacial score (nSPS) is 20.0. The van der Waals surface area contributed by atoms with Gasteiger partial charge in [0.1, 0.15) is 0 Å². The average molecular weight is 183 g/mol. The summed E-state index contributed by atoms with van der Waals surface area (Å²) < 4.78 is 0. The summed E-state index contributed by atoms with van der Waals surface area (Å²) in [6.07, 6.45) is 3.87. The maximum atomic E-state index is 5.67. The first kappa shape index (κ1) is 10.4. The number of guanidine groups is 1. The van der Waals surface area contributed by atoms with Crippen LogP contribution < -0.4 is 11.1 Å². The Balaban J connectivity index is 2.12. The van der Waals surface area contributed by atoms with Gasteiger partial charge < -0.3 is 11.1 Å². The molecule has 0 aromatic heterocycles. The van der Waals surface area contributed by atoms with Gasteiger partial charge in [0.2, 0.25) is 0 Å². The molecule has 1 unspecified atom stereocenters. The minimum atomic E-state index is 0.606. The number of hydrogen-bond acceptors (Lipinski definition) is 1. The molecule has 0 spiro atoms. The van der Waals surface area contributed by atoms with Crippen LogP contribution in [0.2, 0.25) is 0 Å². The van der Waals surface area contributed by atoms with Gasteiger partial charge in [0, 0.05) is 13.1 Å². The van der Waals surface area contributed by atoms with E-state index in [1.807, 2.05) is 0 Å². The summed E-state index contributed by atoms with van der Waals surface area (Å²) in [6.45, 7) is 6.18. The lowest BCUT2D eigenvalue weighted by atomic mass is 10.1. The van der Waals surface area contributed by atoms with Crippen LogP contribution >= 0.6 is 0 Å². The third-order valence-corrected chi connectivity index (χ3v) is 2.53. The van der Waals surface area contributed by atoms with E-state index in [-0.39, 0.29) is 0 Å². The molecule has 1 saturated carbocycles. The lowest BCUT2D eigenvalue weighted by Crippen LogP contribution is -2.32. The Labute approximate surface area is 80.8 Å². The summed E-state index contributed by atoms with van der Waals surface area (Å²) in [5.41, 5.74) is 5.67. The second-order valence-corrected chi connectivity index (χ2v) is 3.97. The van der Waals surface area contributed by atoms with Crippen LogP contribution in [0.4, 0.5) is 0 Å². The van der Waals surface area contributed by atoms with Crippen molar-refractivity contribution < 1.29 is 0 Å². The van der Waals surface area contributed by atoms with E-state index in [4.69, 9.17) is 5.73 Å². The molecule has 3 N–H and O–H groups in total. The first-order valence-corrected chi connectivity index (χ1v) is 5.27. The molecule has 0 aromatic carbocycles. The number of aliphatic imine (C=N–C) groups is 1. The Kier molecular flexibility index (Phi) is 4.06. The van der Waals surface area contributed by atoms with Gasteiger partial charge in [-0.1, -0.05) is 13.8 Å². The fraction of sp³-hybridized carbons (Fsp3) is 0.900. The molecule has 0 aliphatic heterocycles. The molecular weight excluding hydrogens is 162 g/mol. The number of rotatable bonds is 5. The second kappa shape index (κ2) is 5.10. The van der Waals surface area contributed by atoms with Crippen molar-refractivity contribution in [2.75, 3.05) is 13.1 Å². The molecular formula is C10H21N3. The fourth-order valence-electron chi connectivity index (χ4n) is 1.37. The first-order valence-electron chi connectivity index (χ1n) is 5.27. The highest BCUT2D eigenvalue weighted by atomic mass is 15.1. The topological polar surface area (TPSA) is 50.4 Å². The maximum Gasteiger partial charge on any atom is 0.188 e. The molecule has 0 heterocycles. The lowest BCUT2D eigenvalue weighted by Gasteiger charge is -2.07. The molecule has 13 heavy (non-hydrogen) atoms. The Hall–Kier alpha value is -0.730. The van der Waals surface area contributed by atoms with E-state index in [1.165, 1.54) is 12.8 Å². The summed E-state index contributed by atoms with van der Waals surface area (Å²) in [5.74, 6) is 2.24. The molecule has 1 aliphatic rings. The molecule has 1 fully saturated rings. The maximum absolute atomic E-state index is 5.67. The fourth-order valence-corrected chi connectivity index (χ4v) is 1.37. The minimum Gasteiger partial charge on any atom is -0.370 e. The van der Waals surface area contributed by atoms with Crippen LogP contribution in [0.3, 0.4) is 0 Å². The smallest absolute Gasteiger partial charge is 0.188 e. The SMILES string of the molecule is CCCNC(N)=NCC(C)C1CC1. The highest BCUT2D eigenvalue weighted by molar-refractivity contribution is 5.77. The quantitative estimate of drug-likeness (QED) is 0.499. The van der Waals surface area contributed by atoms with E-state index < -0.39 is 0 Å². The molecule has 0 bridgehead atoms. The van der Waals surface area contributed by atoms with Gasteiger partial charge in [0.25, 0.3) is 0 Å². The Morgan fingerprint density at radius 2 is 2.31 bits per heavy atom. The van der Waals surface area contributed by atoms with Crippen LogP contribution in [0.25, 0.3) is 0 Å². The van der Waals surface area contributed by atoms with Gasteiger partial charge >= 0.3 is 0 Å². The van der Waals surface area contributed by atoms with Gasteiger partial charge in [-0.15, -0.1) is 0 Å². The second-order valence-electron chi connectivity index (χ2n) is 3.97. The summed E-state index contributed by atoms with van der Waals surface area (Å²) in [7, 11) is 0. The van der Waals surface area contributed by atoms with Crippen molar-refractivity contribution in [3.8, 4) is 0 Å². The van der Waals surface area contributed by atoms with Crippen molar-refractivity contribution in [1.29, 1.82) is 0 Å². The van der Waals surface area contributed by atoms with Gasteiger partial charge in [-0.25, -0.2) is 0 Å². The zero-order valence-electron chi connectivity index (χ0n) is 8.71. The summed E-state index contributed by atoms with van der Waals surface area (Å²) in [4.78, 5) is 4.31. The van der Waals surface area contributed by atoms with Crippen LogP contribution in [0.15, 0.2) is 4.99 Å². The van der Waals surface area contributed by atoms with Crippen LogP contribution in [0, 0.1) is 11.8 Å². The molecule has 0 radical (unpaired) electrons. The standard InChI is InChI=1S/C10H21N3/c1-3-6-12-10(11)13-7-8(2)9-4-5-9/h8-9H,3-7H2,1-2H3,(H3,11,12,13). The lowest BCUT2D eigenvalue weighted by molar-refractivity contribution is 0.521. The van der Waals surface area contributed by atoms with Gasteiger partial charge in [-0.05, 0) is 31.1 Å². The predicted molar refractivity (Wildman–Crippen MR) is 56.7 cm³/mol. The van der Waals surface area contributed by atoms with Crippen LogP contribution in [0.1, 0.15) is 33.1 Å². The zero-order chi connectivity index (χ0) is 9.68. The highest BCUT2D eigenvalue weighted by Gasteiger charge is 2.27. The number of nitrogens with two attached hydrogens (primary N) is 1. The average Bonchev–Trinajstić information content (AvgIpc) is 2.93. The molecule has 3 heteroatoms. The molecule has 0 aromatic rings. The van der Waals surface area contributed by atoms with Crippen molar-refractivity contribution in [2.24, 2.45) is 22.6 Å². The minimum absolute atomic E-state index is 0.606. The zero-order valence-corrected chi connectivity index (χ0v) is 8.71. The molecule has 1 aliphatic carbocycles. The van der Waals surface area contributed by atoms with Crippen molar-refractivity contribution in [2.45, 2.75) is 33.1 Å². The van der Waals surface area contributed by atoms with E-state index in [0.717, 1.165) is 25.4 Å². The summed E-state index contributed by atoms with van der Waals surface area (Å²) in [5, 5.41) is 3.07. The number of hydrogen-bond donors (Lipinski definition) is 2. The summed E-state index contributed by atoms with van der Waals surface area (Å²) >= 11 is 0. The van der Waals surface area contributed by atoms with Crippen LogP contribution in [0.5, 0.6) is 0 Å². The van der Waals surface area contributed by atoms with Crippen molar-refractivity contribution >= 4 is 5.96 Å². The highest BCUT2D eigenvalue weighted by Crippen LogP contribution is 2.36. The van der Waals surface area contributed by atoms with E-state index >= 15 is 0 Å². The molecule has 3 nitrogen and oxygen atoms in total. The largest absolute Gasteiger partial charge is 0.370 e. The monoisotopic (exact) mass is 183 g/mol. The van der Waals surface area contributed by atoms with Crippen LogP contribution in [-0.2, 0) is 0 Å². The number of nitrogens with zero attached hydrogens (tertiary/aromatic N) is 1. The molecule has 0 saturated heterocycles. The van der Waals surface area contributed by atoms with Crippen molar-refractivity contribution in [1.82, 2.24) is 5.32 Å². The van der Waals surface area contributed by atoms with Gasteiger partial charge in [-0.3, -0.25) is 4.99 Å². The van der Waals surface area contributed by atoms with E-state index in [1.54, 1.807) is 0 Å². The van der Waals surface area contributed by atoms with Gasteiger partial charge in [0.05, 0.1) is 0 Å². The third kappa shape index (κ3) is 4.15. The van der Waals surface area contributed by atoms with Gasteiger partial charge in [0.15, 0.2) is 5.96 Å². The number of nitrogens with one attached hydrogen (secondary N) is 1. The van der Waals surface area contributed by atoms with Crippen LogP contribution in [-0.4, -0.2) is 19.0 Å². The first-order chi connectivity index (χ1) is 6.24. The molecule has 76 valence electrons. The molecule has 0 amide bonds. The molecule has 1 atom stereocenters.